The molecule has 3 rings (SSSR count). The van der Waals surface area contributed by atoms with Crippen LogP contribution in [0.25, 0.3) is 0 Å². The van der Waals surface area contributed by atoms with Gasteiger partial charge in [0, 0.05) is 19.6 Å². The van der Waals surface area contributed by atoms with Crippen molar-refractivity contribution in [2.24, 2.45) is 0 Å². The van der Waals surface area contributed by atoms with Gasteiger partial charge in [0.05, 0.1) is 16.2 Å². The first-order chi connectivity index (χ1) is 10.2. The van der Waals surface area contributed by atoms with Crippen LogP contribution in [-0.2, 0) is 0 Å². The molecule has 1 aromatic carbocycles. The monoisotopic (exact) mass is 307 g/mol. The van der Waals surface area contributed by atoms with Crippen LogP contribution in [0.5, 0.6) is 0 Å². The first kappa shape index (κ1) is 14.7. The van der Waals surface area contributed by atoms with Gasteiger partial charge in [0.25, 0.3) is 0 Å². The van der Waals surface area contributed by atoms with Crippen molar-refractivity contribution in [2.75, 3.05) is 25.0 Å². The van der Waals surface area contributed by atoms with Gasteiger partial charge in [0.1, 0.15) is 0 Å². The molecule has 1 aliphatic carbocycles. The lowest BCUT2D eigenvalue weighted by Gasteiger charge is -2.49. The molecule has 1 saturated heterocycles. The summed E-state index contributed by atoms with van der Waals surface area (Å²) in [6.45, 7) is 2.52. The summed E-state index contributed by atoms with van der Waals surface area (Å²) in [7, 11) is 0. The van der Waals surface area contributed by atoms with Crippen LogP contribution in [0.4, 0.5) is 10.5 Å². The number of para-hydroxylation sites is 1. The summed E-state index contributed by atoms with van der Waals surface area (Å²) in [6.07, 6.45) is 5.88. The van der Waals surface area contributed by atoms with Crippen LogP contribution >= 0.6 is 11.6 Å². The molecule has 0 bridgehead atoms. The minimum absolute atomic E-state index is 0.0121. The van der Waals surface area contributed by atoms with Gasteiger partial charge < -0.3 is 15.5 Å². The molecular weight excluding hydrogens is 286 g/mol. The van der Waals surface area contributed by atoms with Gasteiger partial charge in [0.15, 0.2) is 0 Å². The van der Waals surface area contributed by atoms with Crippen LogP contribution in [0.3, 0.4) is 0 Å². The largest absolute Gasteiger partial charge is 0.322 e. The maximum Gasteiger partial charge on any atom is 0.322 e. The van der Waals surface area contributed by atoms with Crippen molar-refractivity contribution in [3.63, 3.8) is 0 Å². The summed E-state index contributed by atoms with van der Waals surface area (Å²) in [4.78, 5) is 14.8. The summed E-state index contributed by atoms with van der Waals surface area (Å²) in [5, 5.41) is 7.02. The van der Waals surface area contributed by atoms with E-state index < -0.39 is 0 Å². The molecule has 1 heterocycles. The molecule has 1 aliphatic heterocycles. The van der Waals surface area contributed by atoms with Crippen molar-refractivity contribution >= 4 is 23.3 Å². The van der Waals surface area contributed by atoms with Gasteiger partial charge in [-0.1, -0.05) is 43.0 Å². The van der Waals surface area contributed by atoms with Gasteiger partial charge in [-0.05, 0) is 25.0 Å². The second-order valence-corrected chi connectivity index (χ2v) is 6.43. The van der Waals surface area contributed by atoms with E-state index in [-0.39, 0.29) is 11.6 Å². The summed E-state index contributed by atoms with van der Waals surface area (Å²) < 4.78 is 0. The van der Waals surface area contributed by atoms with Gasteiger partial charge in [-0.15, -0.1) is 0 Å². The van der Waals surface area contributed by atoms with Crippen molar-refractivity contribution < 1.29 is 4.79 Å². The molecular formula is C16H22ClN3O. The molecule has 0 atom stereocenters. The van der Waals surface area contributed by atoms with Crippen LogP contribution in [0.2, 0.25) is 5.02 Å². The highest BCUT2D eigenvalue weighted by atomic mass is 35.5. The highest BCUT2D eigenvalue weighted by Gasteiger charge is 2.42. The maximum absolute atomic E-state index is 12.7. The second kappa shape index (κ2) is 6.24. The second-order valence-electron chi connectivity index (χ2n) is 6.02. The number of carbonyl (C=O) groups is 1. The van der Waals surface area contributed by atoms with E-state index in [0.717, 1.165) is 32.5 Å². The minimum Gasteiger partial charge on any atom is -0.316 e. The molecule has 21 heavy (non-hydrogen) atoms. The third kappa shape index (κ3) is 3.01. The lowest BCUT2D eigenvalue weighted by molar-refractivity contribution is 0.0634. The predicted octanol–water partition coefficient (Wildman–Crippen LogP) is 3.48. The molecule has 2 amide bonds. The van der Waals surface area contributed by atoms with Crippen molar-refractivity contribution in [2.45, 2.75) is 37.6 Å². The highest BCUT2D eigenvalue weighted by molar-refractivity contribution is 6.33. The number of amides is 2. The summed E-state index contributed by atoms with van der Waals surface area (Å²) >= 11 is 6.14. The molecule has 2 N–H and O–H groups in total. The molecule has 0 unspecified atom stereocenters. The van der Waals surface area contributed by atoms with Crippen LogP contribution in [-0.4, -0.2) is 36.1 Å². The summed E-state index contributed by atoms with van der Waals surface area (Å²) in [5.41, 5.74) is 0.677. The lowest BCUT2D eigenvalue weighted by Crippen LogP contribution is -2.64. The number of piperazine rings is 1. The van der Waals surface area contributed by atoms with E-state index in [9.17, 15) is 4.79 Å². The quantitative estimate of drug-likeness (QED) is 0.834. The molecule has 0 radical (unpaired) electrons. The maximum atomic E-state index is 12.7. The molecule has 2 aliphatic rings. The average molecular weight is 308 g/mol. The first-order valence-corrected chi connectivity index (χ1v) is 8.13. The Hall–Kier alpha value is -1.26. The van der Waals surface area contributed by atoms with Crippen molar-refractivity contribution in [3.05, 3.63) is 29.3 Å². The highest BCUT2D eigenvalue weighted by Crippen LogP contribution is 2.35. The number of benzene rings is 1. The average Bonchev–Trinajstić information content (AvgIpc) is 2.51. The SMILES string of the molecule is O=C(Nc1ccccc1Cl)N1CCNCC12CCCCC2. The number of anilines is 1. The smallest absolute Gasteiger partial charge is 0.316 e. The van der Waals surface area contributed by atoms with Crippen LogP contribution in [0.1, 0.15) is 32.1 Å². The number of carbonyl (C=O) groups excluding carboxylic acids is 1. The van der Waals surface area contributed by atoms with E-state index in [4.69, 9.17) is 11.6 Å². The van der Waals surface area contributed by atoms with E-state index in [1.165, 1.54) is 19.3 Å². The molecule has 4 nitrogen and oxygen atoms in total. The van der Waals surface area contributed by atoms with E-state index in [2.05, 4.69) is 10.6 Å². The van der Waals surface area contributed by atoms with Crippen molar-refractivity contribution in [3.8, 4) is 0 Å². The number of rotatable bonds is 1. The molecule has 2 fully saturated rings. The Labute approximate surface area is 130 Å². The Kier molecular flexibility index (Phi) is 4.36. The third-order valence-electron chi connectivity index (χ3n) is 4.68. The topological polar surface area (TPSA) is 44.4 Å². The Morgan fingerprint density at radius 3 is 2.76 bits per heavy atom. The summed E-state index contributed by atoms with van der Waals surface area (Å²) in [5.74, 6) is 0. The molecule has 5 heteroatoms. The molecule has 114 valence electrons. The zero-order chi connectivity index (χ0) is 14.7. The molecule has 1 saturated carbocycles. The molecule has 1 aromatic rings. The Morgan fingerprint density at radius 1 is 1.24 bits per heavy atom. The Bertz CT molecular complexity index is 506. The van der Waals surface area contributed by atoms with Gasteiger partial charge in [-0.25, -0.2) is 4.79 Å². The van der Waals surface area contributed by atoms with Crippen LogP contribution in [0.15, 0.2) is 24.3 Å². The van der Waals surface area contributed by atoms with E-state index in [1.54, 1.807) is 6.07 Å². The number of hydrogen-bond donors (Lipinski definition) is 2. The Morgan fingerprint density at radius 2 is 2.00 bits per heavy atom. The van der Waals surface area contributed by atoms with Gasteiger partial charge in [-0.2, -0.15) is 0 Å². The standard InChI is InChI=1S/C16H22ClN3O/c17-13-6-2-3-7-14(13)19-15(21)20-11-10-18-12-16(20)8-4-1-5-9-16/h2-3,6-7,18H,1,4-5,8-12H2,(H,19,21). The minimum atomic E-state index is -0.0218. The fraction of sp³-hybridized carbons (Fsp3) is 0.562. The number of urea groups is 1. The zero-order valence-corrected chi connectivity index (χ0v) is 13.0. The van der Waals surface area contributed by atoms with Gasteiger partial charge in [-0.3, -0.25) is 0 Å². The fourth-order valence-electron chi connectivity index (χ4n) is 3.56. The number of hydrogen-bond acceptors (Lipinski definition) is 2. The van der Waals surface area contributed by atoms with E-state index in [0.29, 0.717) is 10.7 Å². The Balaban J connectivity index is 1.77. The van der Waals surface area contributed by atoms with E-state index in [1.807, 2.05) is 23.1 Å². The van der Waals surface area contributed by atoms with Crippen LogP contribution < -0.4 is 10.6 Å². The normalized spacial score (nSPS) is 21.3. The predicted molar refractivity (Wildman–Crippen MR) is 85.9 cm³/mol. The number of nitrogens with one attached hydrogen (secondary N) is 2. The van der Waals surface area contributed by atoms with Gasteiger partial charge >= 0.3 is 6.03 Å². The lowest BCUT2D eigenvalue weighted by atomic mass is 9.79. The van der Waals surface area contributed by atoms with Gasteiger partial charge in [0.2, 0.25) is 0 Å². The third-order valence-corrected chi connectivity index (χ3v) is 5.01. The molecule has 1 spiro atoms. The first-order valence-electron chi connectivity index (χ1n) is 7.75. The van der Waals surface area contributed by atoms with Crippen molar-refractivity contribution in [1.29, 1.82) is 0 Å². The van der Waals surface area contributed by atoms with Crippen LogP contribution in [0, 0.1) is 0 Å². The fourth-order valence-corrected chi connectivity index (χ4v) is 3.75. The summed E-state index contributed by atoms with van der Waals surface area (Å²) in [6, 6.07) is 7.37. The number of halogens is 1. The number of nitrogens with zero attached hydrogens (tertiary/aromatic N) is 1. The molecule has 0 aromatic heterocycles. The van der Waals surface area contributed by atoms with E-state index >= 15 is 0 Å². The zero-order valence-electron chi connectivity index (χ0n) is 12.2. The van der Waals surface area contributed by atoms with Crippen molar-refractivity contribution in [1.82, 2.24) is 10.2 Å².